The van der Waals surface area contributed by atoms with Crippen molar-refractivity contribution in [2.45, 2.75) is 38.6 Å². The number of hydrogen-bond acceptors (Lipinski definition) is 2. The molecule has 17 heavy (non-hydrogen) atoms. The van der Waals surface area contributed by atoms with E-state index in [0.29, 0.717) is 25.6 Å². The van der Waals surface area contributed by atoms with Crippen LogP contribution >= 0.6 is 0 Å². The maximum atomic E-state index is 11.9. The fourth-order valence-electron chi connectivity index (χ4n) is 2.51. The number of rotatable bonds is 2. The van der Waals surface area contributed by atoms with Crippen LogP contribution in [-0.2, 0) is 4.79 Å². The number of nitrogens with zero attached hydrogens (tertiary/aromatic N) is 1. The average molecular weight is 240 g/mol. The second kappa shape index (κ2) is 4.94. The number of hydrogen-bond donors (Lipinski definition) is 2. The molecule has 2 rings (SSSR count). The first-order valence-corrected chi connectivity index (χ1v) is 6.34. The average Bonchev–Trinajstić information content (AvgIpc) is 2.22. The third kappa shape index (κ3) is 2.90. The molecule has 2 amide bonds. The van der Waals surface area contributed by atoms with E-state index in [2.05, 4.69) is 5.32 Å². The Labute approximate surface area is 101 Å². The molecule has 1 saturated heterocycles. The zero-order valence-electron chi connectivity index (χ0n) is 10.2. The van der Waals surface area contributed by atoms with E-state index in [1.54, 1.807) is 4.90 Å². The molecule has 2 fully saturated rings. The van der Waals surface area contributed by atoms with Crippen LogP contribution in [0.4, 0.5) is 4.79 Å². The largest absolute Gasteiger partial charge is 0.481 e. The summed E-state index contributed by atoms with van der Waals surface area (Å²) in [4.78, 5) is 24.6. The number of urea groups is 1. The molecular weight excluding hydrogens is 220 g/mol. The molecule has 0 bridgehead atoms. The topological polar surface area (TPSA) is 69.6 Å². The minimum atomic E-state index is -0.794. The molecule has 2 unspecified atom stereocenters. The van der Waals surface area contributed by atoms with Gasteiger partial charge in [-0.25, -0.2) is 4.79 Å². The minimum Gasteiger partial charge on any atom is -0.481 e. The van der Waals surface area contributed by atoms with Crippen LogP contribution in [-0.4, -0.2) is 41.1 Å². The van der Waals surface area contributed by atoms with Crippen molar-refractivity contribution < 1.29 is 14.7 Å². The maximum Gasteiger partial charge on any atom is 0.317 e. The Morgan fingerprint density at radius 1 is 1.29 bits per heavy atom. The molecule has 2 N–H and O–H groups in total. The number of carbonyl (C=O) groups excluding carboxylic acids is 1. The Balaban J connectivity index is 1.89. The van der Waals surface area contributed by atoms with E-state index in [4.69, 9.17) is 5.11 Å². The number of nitrogens with one attached hydrogen (secondary N) is 1. The lowest BCUT2D eigenvalue weighted by molar-refractivity contribution is -0.143. The van der Waals surface area contributed by atoms with Gasteiger partial charge in [-0.1, -0.05) is 6.92 Å². The quantitative estimate of drug-likeness (QED) is 0.764. The highest BCUT2D eigenvalue weighted by Crippen LogP contribution is 2.23. The molecular formula is C12H20N2O3. The fourth-order valence-corrected chi connectivity index (χ4v) is 2.51. The van der Waals surface area contributed by atoms with Crippen LogP contribution in [0.5, 0.6) is 0 Å². The Kier molecular flexibility index (Phi) is 3.54. The summed E-state index contributed by atoms with van der Waals surface area (Å²) in [6.45, 7) is 3.01. The summed E-state index contributed by atoms with van der Waals surface area (Å²) in [5.74, 6) is -0.944. The summed E-state index contributed by atoms with van der Waals surface area (Å²) in [7, 11) is 0. The van der Waals surface area contributed by atoms with E-state index in [-0.39, 0.29) is 11.9 Å². The van der Waals surface area contributed by atoms with Gasteiger partial charge >= 0.3 is 12.0 Å². The van der Waals surface area contributed by atoms with Gasteiger partial charge in [-0.05, 0) is 31.6 Å². The first kappa shape index (κ1) is 12.2. The predicted octanol–water partition coefficient (Wildman–Crippen LogP) is 1.29. The van der Waals surface area contributed by atoms with E-state index in [1.807, 2.05) is 6.92 Å². The Bertz CT molecular complexity index is 315. The van der Waals surface area contributed by atoms with Crippen LogP contribution in [0.3, 0.4) is 0 Å². The molecule has 1 saturated carbocycles. The van der Waals surface area contributed by atoms with Crippen molar-refractivity contribution in [1.82, 2.24) is 10.2 Å². The smallest absolute Gasteiger partial charge is 0.317 e. The molecule has 2 aliphatic rings. The summed E-state index contributed by atoms with van der Waals surface area (Å²) in [5.41, 5.74) is 0. The van der Waals surface area contributed by atoms with Crippen molar-refractivity contribution in [3.63, 3.8) is 0 Å². The van der Waals surface area contributed by atoms with Gasteiger partial charge < -0.3 is 15.3 Å². The molecule has 5 nitrogen and oxygen atoms in total. The molecule has 5 heteroatoms. The molecule has 1 aliphatic carbocycles. The van der Waals surface area contributed by atoms with Gasteiger partial charge in [0, 0.05) is 19.1 Å². The van der Waals surface area contributed by atoms with Crippen molar-refractivity contribution in [2.75, 3.05) is 13.1 Å². The van der Waals surface area contributed by atoms with E-state index in [0.717, 1.165) is 12.8 Å². The molecule has 0 aromatic rings. The lowest BCUT2D eigenvalue weighted by Crippen LogP contribution is -2.52. The van der Waals surface area contributed by atoms with E-state index in [9.17, 15) is 9.59 Å². The minimum absolute atomic E-state index is 0.0903. The first-order valence-electron chi connectivity index (χ1n) is 6.34. The number of aliphatic carboxylic acids is 1. The first-order chi connectivity index (χ1) is 8.06. The highest BCUT2D eigenvalue weighted by molar-refractivity contribution is 5.77. The Morgan fingerprint density at radius 3 is 2.53 bits per heavy atom. The molecule has 2 atom stereocenters. The maximum absolute atomic E-state index is 11.9. The summed E-state index contributed by atoms with van der Waals surface area (Å²) >= 11 is 0. The van der Waals surface area contributed by atoms with Gasteiger partial charge in [0.15, 0.2) is 0 Å². The summed E-state index contributed by atoms with van der Waals surface area (Å²) in [6.07, 6.45) is 3.95. The van der Waals surface area contributed by atoms with Gasteiger partial charge in [-0.15, -0.1) is 0 Å². The van der Waals surface area contributed by atoms with Gasteiger partial charge in [0.1, 0.15) is 0 Å². The van der Waals surface area contributed by atoms with Gasteiger partial charge in [-0.3, -0.25) is 4.79 Å². The van der Waals surface area contributed by atoms with Crippen molar-refractivity contribution in [2.24, 2.45) is 11.8 Å². The lowest BCUT2D eigenvalue weighted by Gasteiger charge is -2.37. The second-order valence-corrected chi connectivity index (χ2v) is 5.36. The standard InChI is InChI=1S/C12H20N2O3/c1-8-5-9(11(15)16)7-14(6-8)12(17)13-10-3-2-4-10/h8-10H,2-7H2,1H3,(H,13,17)(H,15,16). The van der Waals surface area contributed by atoms with Crippen LogP contribution in [0.1, 0.15) is 32.6 Å². The summed E-state index contributed by atoms with van der Waals surface area (Å²) in [5, 5.41) is 12.0. The molecule has 0 radical (unpaired) electrons. The van der Waals surface area contributed by atoms with Gasteiger partial charge in [0.05, 0.1) is 5.92 Å². The normalized spacial score (nSPS) is 29.6. The highest BCUT2D eigenvalue weighted by Gasteiger charge is 2.33. The van der Waals surface area contributed by atoms with Gasteiger partial charge in [0.25, 0.3) is 0 Å². The number of carbonyl (C=O) groups is 2. The number of likely N-dealkylation sites (tertiary alicyclic amines) is 1. The molecule has 0 spiro atoms. The molecule has 96 valence electrons. The van der Waals surface area contributed by atoms with Crippen molar-refractivity contribution in [3.8, 4) is 0 Å². The summed E-state index contributed by atoms with van der Waals surface area (Å²) < 4.78 is 0. The molecule has 0 aromatic heterocycles. The number of carboxylic acids is 1. The highest BCUT2D eigenvalue weighted by atomic mass is 16.4. The van der Waals surface area contributed by atoms with Crippen molar-refractivity contribution in [1.29, 1.82) is 0 Å². The molecule has 1 aliphatic heterocycles. The third-order valence-corrected chi connectivity index (χ3v) is 3.73. The van der Waals surface area contributed by atoms with E-state index < -0.39 is 11.9 Å². The monoisotopic (exact) mass is 240 g/mol. The lowest BCUT2D eigenvalue weighted by atomic mass is 9.90. The van der Waals surface area contributed by atoms with Crippen LogP contribution in [0.15, 0.2) is 0 Å². The van der Waals surface area contributed by atoms with Crippen molar-refractivity contribution in [3.05, 3.63) is 0 Å². The Hall–Kier alpha value is -1.26. The van der Waals surface area contributed by atoms with Crippen LogP contribution in [0.2, 0.25) is 0 Å². The summed E-state index contributed by atoms with van der Waals surface area (Å²) in [6, 6.07) is 0.218. The van der Waals surface area contributed by atoms with E-state index >= 15 is 0 Å². The van der Waals surface area contributed by atoms with E-state index in [1.165, 1.54) is 6.42 Å². The number of carboxylic acid groups (broad SMARTS) is 1. The zero-order chi connectivity index (χ0) is 12.4. The second-order valence-electron chi connectivity index (χ2n) is 5.36. The number of piperidine rings is 1. The number of amides is 2. The molecule has 1 heterocycles. The van der Waals surface area contributed by atoms with Crippen LogP contribution < -0.4 is 5.32 Å². The molecule has 0 aromatic carbocycles. The van der Waals surface area contributed by atoms with Gasteiger partial charge in [0.2, 0.25) is 0 Å². The van der Waals surface area contributed by atoms with Crippen LogP contribution in [0, 0.1) is 11.8 Å². The third-order valence-electron chi connectivity index (χ3n) is 3.73. The van der Waals surface area contributed by atoms with Gasteiger partial charge in [-0.2, -0.15) is 0 Å². The fraction of sp³-hybridized carbons (Fsp3) is 0.833. The Morgan fingerprint density at radius 2 is 2.00 bits per heavy atom. The zero-order valence-corrected chi connectivity index (χ0v) is 10.2. The predicted molar refractivity (Wildman–Crippen MR) is 62.7 cm³/mol. The van der Waals surface area contributed by atoms with Crippen molar-refractivity contribution >= 4 is 12.0 Å². The SMILES string of the molecule is CC1CC(C(=O)O)CN(C(=O)NC2CCC2)C1. The van der Waals surface area contributed by atoms with Crippen LogP contribution in [0.25, 0.3) is 0 Å².